The number of rotatable bonds is 7. The molecule has 160 valence electrons. The van der Waals surface area contributed by atoms with Crippen molar-refractivity contribution in [3.63, 3.8) is 0 Å². The Bertz CT molecular complexity index is 1230. The van der Waals surface area contributed by atoms with Crippen molar-refractivity contribution in [2.75, 3.05) is 18.6 Å². The summed E-state index contributed by atoms with van der Waals surface area (Å²) < 4.78 is 24.1. The number of amides is 1. The number of sulfone groups is 1. The Morgan fingerprint density at radius 1 is 0.968 bits per heavy atom. The van der Waals surface area contributed by atoms with Crippen LogP contribution in [0.5, 0.6) is 0 Å². The number of hydrogen-bond donors (Lipinski definition) is 2. The van der Waals surface area contributed by atoms with E-state index < -0.39 is 26.7 Å². The molecular weight excluding hydrogens is 418 g/mol. The molecular formula is C22H21N3O5S. The topological polar surface area (TPSA) is 118 Å². The number of nitro benzene ring substituents is 1. The van der Waals surface area contributed by atoms with Crippen molar-refractivity contribution < 1.29 is 18.1 Å². The standard InChI is InChI=1S/C22H21N3O5S/c1-23-22(26)17-11-12-19(20(14-17)25(27)28)24-21(15-7-4-3-5-8-15)16-9-6-10-18(13-16)31(2,29)30/h3-14,21,24H,1-2H3,(H,23,26). The molecule has 0 aliphatic heterocycles. The van der Waals surface area contributed by atoms with Crippen LogP contribution in [0.2, 0.25) is 0 Å². The smallest absolute Gasteiger partial charge is 0.293 e. The summed E-state index contributed by atoms with van der Waals surface area (Å²) >= 11 is 0. The molecule has 0 heterocycles. The van der Waals surface area contributed by atoms with Gasteiger partial charge in [0.25, 0.3) is 11.6 Å². The normalized spacial score (nSPS) is 12.1. The van der Waals surface area contributed by atoms with Crippen molar-refractivity contribution in [1.29, 1.82) is 0 Å². The molecule has 8 nitrogen and oxygen atoms in total. The Kier molecular flexibility index (Phi) is 6.36. The van der Waals surface area contributed by atoms with Crippen LogP contribution in [0.1, 0.15) is 27.5 Å². The van der Waals surface area contributed by atoms with Crippen LogP contribution in [-0.2, 0) is 9.84 Å². The predicted molar refractivity (Wildman–Crippen MR) is 118 cm³/mol. The first-order valence-corrected chi connectivity index (χ1v) is 11.2. The zero-order chi connectivity index (χ0) is 22.6. The van der Waals surface area contributed by atoms with Gasteiger partial charge in [0, 0.05) is 24.9 Å². The summed E-state index contributed by atoms with van der Waals surface area (Å²) in [6.45, 7) is 0. The Morgan fingerprint density at radius 3 is 2.26 bits per heavy atom. The SMILES string of the molecule is CNC(=O)c1ccc(NC(c2ccccc2)c2cccc(S(C)(=O)=O)c2)c([N+](=O)[O-])c1. The van der Waals surface area contributed by atoms with Crippen LogP contribution in [0.15, 0.2) is 77.7 Å². The van der Waals surface area contributed by atoms with Crippen molar-refractivity contribution in [3.8, 4) is 0 Å². The van der Waals surface area contributed by atoms with Gasteiger partial charge in [-0.1, -0.05) is 42.5 Å². The minimum Gasteiger partial charge on any atom is -0.369 e. The van der Waals surface area contributed by atoms with E-state index >= 15 is 0 Å². The summed E-state index contributed by atoms with van der Waals surface area (Å²) in [5.41, 5.74) is 1.52. The minimum absolute atomic E-state index is 0.150. The second-order valence-corrected chi connectivity index (χ2v) is 8.92. The first-order chi connectivity index (χ1) is 14.7. The fraction of sp³-hybridized carbons (Fsp3) is 0.136. The highest BCUT2D eigenvalue weighted by molar-refractivity contribution is 7.90. The highest BCUT2D eigenvalue weighted by Crippen LogP contribution is 2.33. The number of benzene rings is 3. The molecule has 3 rings (SSSR count). The van der Waals surface area contributed by atoms with Gasteiger partial charge < -0.3 is 10.6 Å². The van der Waals surface area contributed by atoms with Gasteiger partial charge in [-0.05, 0) is 35.4 Å². The average molecular weight is 439 g/mol. The molecule has 1 atom stereocenters. The monoisotopic (exact) mass is 439 g/mol. The predicted octanol–water partition coefficient (Wildman–Crippen LogP) is 3.56. The van der Waals surface area contributed by atoms with Crippen LogP contribution in [-0.4, -0.2) is 32.6 Å². The van der Waals surface area contributed by atoms with E-state index in [9.17, 15) is 23.3 Å². The largest absolute Gasteiger partial charge is 0.369 e. The van der Waals surface area contributed by atoms with Crippen molar-refractivity contribution in [3.05, 3.63) is 99.6 Å². The lowest BCUT2D eigenvalue weighted by atomic mass is 9.98. The van der Waals surface area contributed by atoms with Gasteiger partial charge in [-0.15, -0.1) is 0 Å². The van der Waals surface area contributed by atoms with Crippen LogP contribution < -0.4 is 10.6 Å². The van der Waals surface area contributed by atoms with E-state index in [4.69, 9.17) is 0 Å². The minimum atomic E-state index is -3.43. The van der Waals surface area contributed by atoms with Gasteiger partial charge in [-0.2, -0.15) is 0 Å². The average Bonchev–Trinajstić information content (AvgIpc) is 2.77. The number of nitro groups is 1. The fourth-order valence-corrected chi connectivity index (χ4v) is 3.85. The lowest BCUT2D eigenvalue weighted by Crippen LogP contribution is -2.18. The maximum Gasteiger partial charge on any atom is 0.293 e. The second kappa shape index (κ2) is 8.97. The van der Waals surface area contributed by atoms with E-state index in [0.29, 0.717) is 5.56 Å². The molecule has 0 saturated heterocycles. The van der Waals surface area contributed by atoms with E-state index in [-0.39, 0.29) is 21.8 Å². The van der Waals surface area contributed by atoms with Crippen molar-refractivity contribution in [2.45, 2.75) is 10.9 Å². The summed E-state index contributed by atoms with van der Waals surface area (Å²) in [5.74, 6) is -0.435. The van der Waals surface area contributed by atoms with Crippen LogP contribution in [0.25, 0.3) is 0 Å². The molecule has 0 aromatic heterocycles. The molecule has 0 spiro atoms. The number of anilines is 1. The van der Waals surface area contributed by atoms with E-state index in [1.54, 1.807) is 18.2 Å². The van der Waals surface area contributed by atoms with Gasteiger partial charge in [0.2, 0.25) is 0 Å². The summed E-state index contributed by atoms with van der Waals surface area (Å²) in [5, 5.41) is 17.3. The highest BCUT2D eigenvalue weighted by Gasteiger charge is 2.22. The van der Waals surface area contributed by atoms with Gasteiger partial charge in [0.05, 0.1) is 15.9 Å². The number of carbonyl (C=O) groups is 1. The van der Waals surface area contributed by atoms with Gasteiger partial charge >= 0.3 is 0 Å². The van der Waals surface area contributed by atoms with Gasteiger partial charge in [-0.3, -0.25) is 14.9 Å². The molecule has 3 aromatic rings. The number of hydrogen-bond acceptors (Lipinski definition) is 6. The van der Waals surface area contributed by atoms with E-state index in [2.05, 4.69) is 10.6 Å². The van der Waals surface area contributed by atoms with Crippen LogP contribution >= 0.6 is 0 Å². The lowest BCUT2D eigenvalue weighted by molar-refractivity contribution is -0.384. The van der Waals surface area contributed by atoms with Gasteiger partial charge in [0.15, 0.2) is 9.84 Å². The summed E-state index contributed by atoms with van der Waals surface area (Å²) in [4.78, 5) is 23.1. The third-order valence-electron chi connectivity index (χ3n) is 4.74. The molecule has 1 unspecified atom stereocenters. The molecule has 0 saturated carbocycles. The third-order valence-corrected chi connectivity index (χ3v) is 5.85. The second-order valence-electron chi connectivity index (χ2n) is 6.90. The quantitative estimate of drug-likeness (QED) is 0.429. The Labute approximate surface area is 180 Å². The van der Waals surface area contributed by atoms with Crippen LogP contribution in [0, 0.1) is 10.1 Å². The lowest BCUT2D eigenvalue weighted by Gasteiger charge is -2.22. The van der Waals surface area contributed by atoms with Gasteiger partial charge in [0.1, 0.15) is 5.69 Å². The zero-order valence-electron chi connectivity index (χ0n) is 16.9. The molecule has 0 bridgehead atoms. The maximum absolute atomic E-state index is 12.0. The third kappa shape index (κ3) is 5.07. The Morgan fingerprint density at radius 2 is 1.65 bits per heavy atom. The molecule has 0 aliphatic rings. The van der Waals surface area contributed by atoms with Crippen molar-refractivity contribution in [2.24, 2.45) is 0 Å². The van der Waals surface area contributed by atoms with Crippen LogP contribution in [0.3, 0.4) is 0 Å². The molecule has 9 heteroatoms. The number of carbonyl (C=O) groups excluding carboxylic acids is 1. The first-order valence-electron chi connectivity index (χ1n) is 9.32. The van der Waals surface area contributed by atoms with Crippen molar-refractivity contribution >= 4 is 27.1 Å². The van der Waals surface area contributed by atoms with Crippen molar-refractivity contribution in [1.82, 2.24) is 5.32 Å². The molecule has 2 N–H and O–H groups in total. The van der Waals surface area contributed by atoms with E-state index in [1.807, 2.05) is 30.3 Å². The Balaban J connectivity index is 2.11. The molecule has 31 heavy (non-hydrogen) atoms. The Hall–Kier alpha value is -3.72. The maximum atomic E-state index is 12.0. The van der Waals surface area contributed by atoms with Crippen LogP contribution in [0.4, 0.5) is 11.4 Å². The molecule has 0 aliphatic carbocycles. The highest BCUT2D eigenvalue weighted by atomic mass is 32.2. The summed E-state index contributed by atoms with van der Waals surface area (Å²) in [6.07, 6.45) is 1.12. The summed E-state index contributed by atoms with van der Waals surface area (Å²) in [7, 11) is -1.99. The van der Waals surface area contributed by atoms with E-state index in [1.165, 1.54) is 31.3 Å². The molecule has 1 amide bonds. The first kappa shape index (κ1) is 22.0. The van der Waals surface area contributed by atoms with Gasteiger partial charge in [-0.25, -0.2) is 8.42 Å². The number of nitrogens with zero attached hydrogens (tertiary/aromatic N) is 1. The van der Waals surface area contributed by atoms with E-state index in [0.717, 1.165) is 11.8 Å². The summed E-state index contributed by atoms with van der Waals surface area (Å²) in [6, 6.07) is 19.2. The molecule has 3 aromatic carbocycles. The molecule has 0 fully saturated rings. The molecule has 0 radical (unpaired) electrons. The fourth-order valence-electron chi connectivity index (χ4n) is 3.18. The number of nitrogens with one attached hydrogen (secondary N) is 2. The zero-order valence-corrected chi connectivity index (χ0v) is 17.7.